The van der Waals surface area contributed by atoms with Crippen molar-refractivity contribution in [1.82, 2.24) is 5.32 Å². The first-order valence-corrected chi connectivity index (χ1v) is 7.15. The Kier molecular flexibility index (Phi) is 4.48. The minimum absolute atomic E-state index is 0.312. The number of aliphatic hydroxyl groups is 1. The summed E-state index contributed by atoms with van der Waals surface area (Å²) in [5, 5.41) is 14.4. The van der Waals surface area contributed by atoms with Crippen LogP contribution in [-0.4, -0.2) is 30.9 Å². The molecule has 2 atom stereocenters. The van der Waals surface area contributed by atoms with Crippen molar-refractivity contribution in [2.75, 3.05) is 20.2 Å². The van der Waals surface area contributed by atoms with Crippen molar-refractivity contribution >= 4 is 0 Å². The van der Waals surface area contributed by atoms with Crippen molar-refractivity contribution < 1.29 is 9.84 Å². The van der Waals surface area contributed by atoms with Gasteiger partial charge in [0.2, 0.25) is 0 Å². The number of piperidine rings is 1. The maximum absolute atomic E-state index is 11.0. The van der Waals surface area contributed by atoms with E-state index < -0.39 is 5.60 Å². The van der Waals surface area contributed by atoms with Crippen LogP contribution in [0.25, 0.3) is 0 Å². The molecule has 0 aromatic heterocycles. The minimum atomic E-state index is -0.610. The second kappa shape index (κ2) is 5.93. The van der Waals surface area contributed by atoms with E-state index in [9.17, 15) is 5.11 Å². The molecule has 19 heavy (non-hydrogen) atoms. The maximum Gasteiger partial charge on any atom is 0.122 e. The molecule has 106 valence electrons. The summed E-state index contributed by atoms with van der Waals surface area (Å²) in [4.78, 5) is 0. The fraction of sp³-hybridized carbons (Fsp3) is 0.625. The highest BCUT2D eigenvalue weighted by Crippen LogP contribution is 2.33. The van der Waals surface area contributed by atoms with E-state index in [0.717, 1.165) is 37.2 Å². The monoisotopic (exact) mass is 263 g/mol. The van der Waals surface area contributed by atoms with Crippen molar-refractivity contribution in [3.05, 3.63) is 29.3 Å². The van der Waals surface area contributed by atoms with Gasteiger partial charge in [-0.15, -0.1) is 0 Å². The summed E-state index contributed by atoms with van der Waals surface area (Å²) in [5.74, 6) is 1.19. The smallest absolute Gasteiger partial charge is 0.122 e. The molecule has 1 aromatic rings. The molecule has 0 saturated carbocycles. The molecular weight excluding hydrogens is 238 g/mol. The summed E-state index contributed by atoms with van der Waals surface area (Å²) >= 11 is 0. The fourth-order valence-corrected chi connectivity index (χ4v) is 3.11. The number of benzene rings is 1. The molecule has 0 amide bonds. The lowest BCUT2D eigenvalue weighted by Gasteiger charge is -2.40. The normalized spacial score (nSPS) is 27.3. The van der Waals surface area contributed by atoms with Crippen LogP contribution in [0.4, 0.5) is 0 Å². The maximum atomic E-state index is 11.0. The number of hydrogen-bond donors (Lipinski definition) is 2. The van der Waals surface area contributed by atoms with Crippen LogP contribution in [0.1, 0.15) is 30.9 Å². The highest BCUT2D eigenvalue weighted by Gasteiger charge is 2.38. The molecule has 2 unspecified atom stereocenters. The third-order valence-electron chi connectivity index (χ3n) is 4.31. The van der Waals surface area contributed by atoms with Gasteiger partial charge < -0.3 is 15.2 Å². The number of nitrogens with one attached hydrogen (secondary N) is 1. The van der Waals surface area contributed by atoms with Crippen LogP contribution in [0.3, 0.4) is 0 Å². The second-order valence-electron chi connectivity index (χ2n) is 5.65. The Morgan fingerprint density at radius 2 is 2.26 bits per heavy atom. The van der Waals surface area contributed by atoms with Crippen LogP contribution in [0.5, 0.6) is 5.75 Å². The Morgan fingerprint density at radius 1 is 1.47 bits per heavy atom. The average molecular weight is 263 g/mol. The van der Waals surface area contributed by atoms with Gasteiger partial charge in [-0.2, -0.15) is 0 Å². The van der Waals surface area contributed by atoms with Gasteiger partial charge in [0.25, 0.3) is 0 Å². The van der Waals surface area contributed by atoms with Gasteiger partial charge in [-0.05, 0) is 37.9 Å². The summed E-state index contributed by atoms with van der Waals surface area (Å²) in [7, 11) is 1.69. The molecule has 1 heterocycles. The Bertz CT molecular complexity index is 433. The lowest BCUT2D eigenvalue weighted by atomic mass is 9.76. The van der Waals surface area contributed by atoms with Gasteiger partial charge in [0.15, 0.2) is 0 Å². The van der Waals surface area contributed by atoms with Crippen LogP contribution in [0.2, 0.25) is 0 Å². The highest BCUT2D eigenvalue weighted by molar-refractivity contribution is 5.38. The first kappa shape index (κ1) is 14.4. The molecule has 1 fully saturated rings. The molecule has 1 aromatic carbocycles. The second-order valence-corrected chi connectivity index (χ2v) is 5.65. The first-order chi connectivity index (χ1) is 9.09. The lowest BCUT2D eigenvalue weighted by Crippen LogP contribution is -2.51. The van der Waals surface area contributed by atoms with Crippen LogP contribution in [-0.2, 0) is 6.42 Å². The molecule has 0 spiro atoms. The topological polar surface area (TPSA) is 41.5 Å². The Balaban J connectivity index is 2.25. The summed E-state index contributed by atoms with van der Waals surface area (Å²) in [6, 6.07) is 6.17. The number of rotatable bonds is 4. The van der Waals surface area contributed by atoms with E-state index in [-0.39, 0.29) is 0 Å². The van der Waals surface area contributed by atoms with Crippen molar-refractivity contribution in [2.24, 2.45) is 5.92 Å². The van der Waals surface area contributed by atoms with Crippen LogP contribution >= 0.6 is 0 Å². The third kappa shape index (κ3) is 3.10. The quantitative estimate of drug-likeness (QED) is 0.876. The molecule has 3 nitrogen and oxygen atoms in total. The summed E-state index contributed by atoms with van der Waals surface area (Å²) in [5.41, 5.74) is 1.72. The predicted octanol–water partition coefficient (Wildman–Crippen LogP) is 2.30. The van der Waals surface area contributed by atoms with E-state index in [0.29, 0.717) is 12.3 Å². The van der Waals surface area contributed by atoms with Gasteiger partial charge in [0, 0.05) is 18.9 Å². The molecule has 3 heteroatoms. The summed E-state index contributed by atoms with van der Waals surface area (Å²) in [6.07, 6.45) is 2.48. The molecule has 1 aliphatic heterocycles. The summed E-state index contributed by atoms with van der Waals surface area (Å²) in [6.45, 7) is 6.02. The van der Waals surface area contributed by atoms with Gasteiger partial charge in [-0.25, -0.2) is 0 Å². The zero-order valence-corrected chi connectivity index (χ0v) is 12.2. The van der Waals surface area contributed by atoms with Gasteiger partial charge in [0.05, 0.1) is 12.7 Å². The van der Waals surface area contributed by atoms with Crippen LogP contribution in [0.15, 0.2) is 18.2 Å². The van der Waals surface area contributed by atoms with E-state index in [1.807, 2.05) is 12.1 Å². The number of ether oxygens (including phenoxy) is 1. The minimum Gasteiger partial charge on any atom is -0.496 e. The average Bonchev–Trinajstić information content (AvgIpc) is 2.39. The molecule has 0 bridgehead atoms. The van der Waals surface area contributed by atoms with Crippen molar-refractivity contribution in [1.29, 1.82) is 0 Å². The van der Waals surface area contributed by atoms with Crippen molar-refractivity contribution in [2.45, 2.75) is 38.7 Å². The molecule has 2 rings (SSSR count). The fourth-order valence-electron chi connectivity index (χ4n) is 3.11. The Morgan fingerprint density at radius 3 is 2.95 bits per heavy atom. The van der Waals surface area contributed by atoms with Gasteiger partial charge >= 0.3 is 0 Å². The zero-order valence-electron chi connectivity index (χ0n) is 12.2. The standard InChI is InChI=1S/C16H25NO2/c1-4-14-11-17-8-7-16(14,18)10-13-9-12(2)5-6-15(13)19-3/h5-6,9,14,17-18H,4,7-8,10-11H2,1-3H3. The van der Waals surface area contributed by atoms with Gasteiger partial charge in [-0.1, -0.05) is 24.6 Å². The molecule has 2 N–H and O–H groups in total. The van der Waals surface area contributed by atoms with E-state index in [1.165, 1.54) is 5.56 Å². The molecular formula is C16H25NO2. The van der Waals surface area contributed by atoms with E-state index in [2.05, 4.69) is 25.2 Å². The van der Waals surface area contributed by atoms with Gasteiger partial charge in [-0.3, -0.25) is 0 Å². The molecule has 1 saturated heterocycles. The van der Waals surface area contributed by atoms with Crippen molar-refractivity contribution in [3.8, 4) is 5.75 Å². The highest BCUT2D eigenvalue weighted by atomic mass is 16.5. The van der Waals surface area contributed by atoms with Crippen molar-refractivity contribution in [3.63, 3.8) is 0 Å². The first-order valence-electron chi connectivity index (χ1n) is 7.15. The molecule has 0 aliphatic carbocycles. The van der Waals surface area contributed by atoms with E-state index >= 15 is 0 Å². The molecule has 1 aliphatic rings. The zero-order chi connectivity index (χ0) is 13.9. The van der Waals surface area contributed by atoms with Crippen LogP contribution in [0, 0.1) is 12.8 Å². The Hall–Kier alpha value is -1.06. The van der Waals surface area contributed by atoms with Gasteiger partial charge in [0.1, 0.15) is 5.75 Å². The van der Waals surface area contributed by atoms with Crippen LogP contribution < -0.4 is 10.1 Å². The number of hydrogen-bond acceptors (Lipinski definition) is 3. The van der Waals surface area contributed by atoms with E-state index in [1.54, 1.807) is 7.11 Å². The number of methoxy groups -OCH3 is 1. The predicted molar refractivity (Wildman–Crippen MR) is 77.7 cm³/mol. The van der Waals surface area contributed by atoms with E-state index in [4.69, 9.17) is 4.74 Å². The third-order valence-corrected chi connectivity index (χ3v) is 4.31. The largest absolute Gasteiger partial charge is 0.496 e. The number of aryl methyl sites for hydroxylation is 1. The molecule has 0 radical (unpaired) electrons. The Labute approximate surface area is 116 Å². The summed E-state index contributed by atoms with van der Waals surface area (Å²) < 4.78 is 5.43. The lowest BCUT2D eigenvalue weighted by molar-refractivity contribution is -0.0417. The SMILES string of the molecule is CCC1CNCCC1(O)Cc1cc(C)ccc1OC.